The molecular weight excluding hydrogens is 264 g/mol. The number of carbonyl (C=O) groups is 1. The average Bonchev–Trinajstić information content (AvgIpc) is 2.77. The van der Waals surface area contributed by atoms with Crippen LogP contribution >= 0.6 is 0 Å². The normalized spacial score (nSPS) is 22.6. The molecule has 0 saturated heterocycles. The monoisotopic (exact) mass is 298 g/mol. The highest BCUT2D eigenvalue weighted by Gasteiger charge is 2.27. The second-order valence-electron chi connectivity index (χ2n) is 7.67. The lowest BCUT2D eigenvalue weighted by Gasteiger charge is -2.24. The number of hydrogen-bond donors (Lipinski definition) is 2. The van der Waals surface area contributed by atoms with E-state index in [-0.39, 0.29) is 6.09 Å². The Kier molecular flexibility index (Phi) is 7.50. The minimum Gasteiger partial charge on any atom is -0.444 e. The zero-order valence-electron chi connectivity index (χ0n) is 14.5. The molecule has 2 atom stereocenters. The molecule has 0 bridgehead atoms. The van der Waals surface area contributed by atoms with E-state index in [0.717, 1.165) is 19.0 Å². The first kappa shape index (κ1) is 18.3. The van der Waals surface area contributed by atoms with Gasteiger partial charge in [-0.05, 0) is 64.8 Å². The van der Waals surface area contributed by atoms with Gasteiger partial charge in [-0.1, -0.05) is 20.3 Å². The van der Waals surface area contributed by atoms with E-state index in [2.05, 4.69) is 24.5 Å². The second kappa shape index (κ2) is 8.62. The van der Waals surface area contributed by atoms with Gasteiger partial charge < -0.3 is 15.4 Å². The summed E-state index contributed by atoms with van der Waals surface area (Å²) in [4.78, 5) is 11.7. The van der Waals surface area contributed by atoms with E-state index in [1.165, 1.54) is 32.1 Å². The lowest BCUT2D eigenvalue weighted by Crippen LogP contribution is -2.41. The summed E-state index contributed by atoms with van der Waals surface area (Å²) in [6.07, 6.45) is 5.89. The molecule has 0 aromatic rings. The smallest absolute Gasteiger partial charge is 0.407 e. The molecule has 0 aliphatic heterocycles. The van der Waals surface area contributed by atoms with Crippen LogP contribution in [0.15, 0.2) is 0 Å². The van der Waals surface area contributed by atoms with Crippen LogP contribution in [0.5, 0.6) is 0 Å². The number of ether oxygens (including phenoxy) is 1. The van der Waals surface area contributed by atoms with Crippen LogP contribution < -0.4 is 10.6 Å². The molecule has 21 heavy (non-hydrogen) atoms. The first-order valence-electron chi connectivity index (χ1n) is 8.48. The molecule has 0 spiro atoms. The fourth-order valence-corrected chi connectivity index (χ4v) is 2.88. The van der Waals surface area contributed by atoms with Crippen LogP contribution in [0.25, 0.3) is 0 Å². The first-order valence-corrected chi connectivity index (χ1v) is 8.48. The Labute approximate surface area is 130 Å². The molecule has 124 valence electrons. The maximum Gasteiger partial charge on any atom is 0.407 e. The lowest BCUT2D eigenvalue weighted by molar-refractivity contribution is 0.0517. The first-order chi connectivity index (χ1) is 9.78. The third-order valence-electron chi connectivity index (χ3n) is 3.93. The standard InChI is InChI=1S/C17H34N2O2/c1-13(2)8-7-11-18-15-10-6-9-14(15)12-19-16(20)21-17(3,4)5/h13-15,18H,6-12H2,1-5H3,(H,19,20). The van der Waals surface area contributed by atoms with Gasteiger partial charge in [-0.15, -0.1) is 0 Å². The predicted molar refractivity (Wildman–Crippen MR) is 87.4 cm³/mol. The van der Waals surface area contributed by atoms with E-state index in [4.69, 9.17) is 4.74 Å². The van der Waals surface area contributed by atoms with Crippen molar-refractivity contribution >= 4 is 6.09 Å². The van der Waals surface area contributed by atoms with E-state index in [9.17, 15) is 4.79 Å². The van der Waals surface area contributed by atoms with Gasteiger partial charge in [0.2, 0.25) is 0 Å². The van der Waals surface area contributed by atoms with Crippen LogP contribution in [0.3, 0.4) is 0 Å². The van der Waals surface area contributed by atoms with E-state index in [0.29, 0.717) is 12.0 Å². The highest BCUT2D eigenvalue weighted by molar-refractivity contribution is 5.67. The van der Waals surface area contributed by atoms with Crippen molar-refractivity contribution in [3.05, 3.63) is 0 Å². The average molecular weight is 298 g/mol. The summed E-state index contributed by atoms with van der Waals surface area (Å²) in [5.41, 5.74) is -0.422. The maximum absolute atomic E-state index is 11.7. The number of hydrogen-bond acceptors (Lipinski definition) is 3. The number of rotatable bonds is 7. The van der Waals surface area contributed by atoms with Crippen LogP contribution in [0, 0.1) is 11.8 Å². The molecule has 0 aromatic carbocycles. The minimum absolute atomic E-state index is 0.298. The second-order valence-corrected chi connectivity index (χ2v) is 7.67. The zero-order valence-corrected chi connectivity index (χ0v) is 14.5. The summed E-state index contributed by atoms with van der Waals surface area (Å²) in [5, 5.41) is 6.59. The van der Waals surface area contributed by atoms with Crippen molar-refractivity contribution in [2.24, 2.45) is 11.8 Å². The van der Waals surface area contributed by atoms with Crippen molar-refractivity contribution in [2.75, 3.05) is 13.1 Å². The molecule has 1 amide bonds. The van der Waals surface area contributed by atoms with Crippen molar-refractivity contribution in [2.45, 2.75) is 78.4 Å². The fourth-order valence-electron chi connectivity index (χ4n) is 2.88. The molecule has 2 N–H and O–H groups in total. The molecule has 4 nitrogen and oxygen atoms in total. The van der Waals surface area contributed by atoms with Gasteiger partial charge in [-0.3, -0.25) is 0 Å². The number of nitrogens with one attached hydrogen (secondary N) is 2. The highest BCUT2D eigenvalue weighted by atomic mass is 16.6. The van der Waals surface area contributed by atoms with Gasteiger partial charge in [0.25, 0.3) is 0 Å². The summed E-state index contributed by atoms with van der Waals surface area (Å²) >= 11 is 0. The van der Waals surface area contributed by atoms with E-state index >= 15 is 0 Å². The van der Waals surface area contributed by atoms with Crippen molar-refractivity contribution in [1.82, 2.24) is 10.6 Å². The summed E-state index contributed by atoms with van der Waals surface area (Å²) in [6.45, 7) is 12.0. The Morgan fingerprint density at radius 3 is 2.62 bits per heavy atom. The Balaban J connectivity index is 2.22. The van der Waals surface area contributed by atoms with Crippen LogP contribution in [0.1, 0.15) is 66.7 Å². The molecule has 1 saturated carbocycles. The third kappa shape index (κ3) is 8.30. The van der Waals surface area contributed by atoms with Crippen LogP contribution in [0.4, 0.5) is 4.79 Å². The number of carbonyl (C=O) groups excluding carboxylic acids is 1. The van der Waals surface area contributed by atoms with Gasteiger partial charge in [0.15, 0.2) is 0 Å². The van der Waals surface area contributed by atoms with Gasteiger partial charge in [0, 0.05) is 12.6 Å². The SMILES string of the molecule is CC(C)CCCNC1CCCC1CNC(=O)OC(C)(C)C. The molecule has 2 unspecified atom stereocenters. The van der Waals surface area contributed by atoms with Gasteiger partial charge >= 0.3 is 6.09 Å². The van der Waals surface area contributed by atoms with Crippen molar-refractivity contribution in [3.8, 4) is 0 Å². The molecule has 1 aliphatic rings. The van der Waals surface area contributed by atoms with E-state index in [1.54, 1.807) is 0 Å². The number of amides is 1. The van der Waals surface area contributed by atoms with Gasteiger partial charge in [-0.2, -0.15) is 0 Å². The zero-order chi connectivity index (χ0) is 15.9. The topological polar surface area (TPSA) is 50.4 Å². The van der Waals surface area contributed by atoms with Crippen molar-refractivity contribution in [1.29, 1.82) is 0 Å². The molecular formula is C17H34N2O2. The summed E-state index contributed by atoms with van der Waals surface area (Å²) in [6, 6.07) is 0.548. The van der Waals surface area contributed by atoms with Crippen LogP contribution in [0.2, 0.25) is 0 Å². The summed E-state index contributed by atoms with van der Waals surface area (Å²) in [5.74, 6) is 1.32. The molecule has 0 radical (unpaired) electrons. The fraction of sp³-hybridized carbons (Fsp3) is 0.941. The Hall–Kier alpha value is -0.770. The Morgan fingerprint density at radius 1 is 1.29 bits per heavy atom. The Morgan fingerprint density at radius 2 is 2.00 bits per heavy atom. The molecule has 0 heterocycles. The highest BCUT2D eigenvalue weighted by Crippen LogP contribution is 2.25. The molecule has 1 aliphatic carbocycles. The minimum atomic E-state index is -0.422. The van der Waals surface area contributed by atoms with Crippen LogP contribution in [-0.2, 0) is 4.74 Å². The van der Waals surface area contributed by atoms with E-state index < -0.39 is 5.60 Å². The number of alkyl carbamates (subject to hydrolysis) is 1. The molecule has 1 fully saturated rings. The predicted octanol–water partition coefficient (Wildman–Crippen LogP) is 3.71. The third-order valence-corrected chi connectivity index (χ3v) is 3.93. The largest absolute Gasteiger partial charge is 0.444 e. The summed E-state index contributed by atoms with van der Waals surface area (Å²) < 4.78 is 5.29. The summed E-state index contributed by atoms with van der Waals surface area (Å²) in [7, 11) is 0. The quantitative estimate of drug-likeness (QED) is 0.705. The molecule has 4 heteroatoms. The van der Waals surface area contributed by atoms with Crippen LogP contribution in [-0.4, -0.2) is 30.8 Å². The van der Waals surface area contributed by atoms with Gasteiger partial charge in [0.05, 0.1) is 0 Å². The molecule has 1 rings (SSSR count). The van der Waals surface area contributed by atoms with Crippen molar-refractivity contribution < 1.29 is 9.53 Å². The lowest BCUT2D eigenvalue weighted by atomic mass is 10.0. The maximum atomic E-state index is 11.7. The molecule has 0 aromatic heterocycles. The van der Waals surface area contributed by atoms with Gasteiger partial charge in [-0.25, -0.2) is 4.79 Å². The van der Waals surface area contributed by atoms with Gasteiger partial charge in [0.1, 0.15) is 5.60 Å². The van der Waals surface area contributed by atoms with E-state index in [1.807, 2.05) is 20.8 Å². The Bertz CT molecular complexity index is 310. The van der Waals surface area contributed by atoms with Crippen molar-refractivity contribution in [3.63, 3.8) is 0 Å².